The van der Waals surface area contributed by atoms with Crippen molar-refractivity contribution < 1.29 is 13.2 Å². The Morgan fingerprint density at radius 2 is 1.69 bits per heavy atom. The molecule has 1 heterocycles. The van der Waals surface area contributed by atoms with Crippen LogP contribution in [0.2, 0.25) is 0 Å². The minimum atomic E-state index is -3.44. The molecule has 0 fully saturated rings. The first kappa shape index (κ1) is 25.2. The number of carbonyl (C=O) groups is 1. The highest BCUT2D eigenvalue weighted by Crippen LogP contribution is 2.27. The van der Waals surface area contributed by atoms with Gasteiger partial charge in [0, 0.05) is 11.9 Å². The Balaban J connectivity index is 1.47. The van der Waals surface area contributed by atoms with Gasteiger partial charge in [-0.25, -0.2) is 8.42 Å². The summed E-state index contributed by atoms with van der Waals surface area (Å²) in [6.07, 6.45) is 2.30. The standard InChI is InChI=1S/C30H30N2O3S/c1-21(2)26(20-36(34,35)29-12-5-4-8-22(29)3)18-23-13-15-24(16-14-23)25-9-6-10-27(19-25)32-30(33)28-11-7-17-31-28/h4-17,19,26,31H,1,18,20H2,2-3H3,(H,32,33). The predicted octanol–water partition coefficient (Wildman–Crippen LogP) is 6.45. The molecule has 0 radical (unpaired) electrons. The SMILES string of the molecule is C=C(C)C(Cc1ccc(-c2cccc(NC(=O)c3ccc[nH]3)c2)cc1)CS(=O)(=O)c1ccccc1C. The lowest BCUT2D eigenvalue weighted by Crippen LogP contribution is -2.20. The van der Waals surface area contributed by atoms with E-state index in [1.807, 2.05) is 74.5 Å². The van der Waals surface area contributed by atoms with Crippen molar-refractivity contribution in [1.82, 2.24) is 4.98 Å². The molecule has 0 aliphatic carbocycles. The maximum atomic E-state index is 13.1. The molecule has 3 aromatic carbocycles. The van der Waals surface area contributed by atoms with Crippen molar-refractivity contribution in [3.8, 4) is 11.1 Å². The first-order valence-electron chi connectivity index (χ1n) is 11.8. The van der Waals surface area contributed by atoms with Crippen molar-refractivity contribution in [1.29, 1.82) is 0 Å². The third-order valence-electron chi connectivity index (χ3n) is 6.28. The van der Waals surface area contributed by atoms with E-state index in [0.29, 0.717) is 22.7 Å². The highest BCUT2D eigenvalue weighted by molar-refractivity contribution is 7.91. The molecule has 2 N–H and O–H groups in total. The van der Waals surface area contributed by atoms with Crippen molar-refractivity contribution in [2.45, 2.75) is 25.2 Å². The van der Waals surface area contributed by atoms with Crippen LogP contribution in [0.1, 0.15) is 28.5 Å². The lowest BCUT2D eigenvalue weighted by Gasteiger charge is -2.18. The molecule has 1 atom stereocenters. The lowest BCUT2D eigenvalue weighted by atomic mass is 9.94. The van der Waals surface area contributed by atoms with Crippen LogP contribution in [0, 0.1) is 12.8 Å². The second-order valence-electron chi connectivity index (χ2n) is 9.11. The normalized spacial score (nSPS) is 12.2. The fraction of sp³-hybridized carbons (Fsp3) is 0.167. The number of hydrogen-bond donors (Lipinski definition) is 2. The van der Waals surface area contributed by atoms with Gasteiger partial charge in [0.1, 0.15) is 5.69 Å². The number of sulfone groups is 1. The lowest BCUT2D eigenvalue weighted by molar-refractivity contribution is 0.102. The molecule has 5 nitrogen and oxygen atoms in total. The Bertz CT molecular complexity index is 1470. The molecule has 4 aromatic rings. The van der Waals surface area contributed by atoms with Gasteiger partial charge < -0.3 is 10.3 Å². The van der Waals surface area contributed by atoms with E-state index in [9.17, 15) is 13.2 Å². The van der Waals surface area contributed by atoms with Crippen LogP contribution in [0.15, 0.2) is 108 Å². The second kappa shape index (κ2) is 10.8. The van der Waals surface area contributed by atoms with Crippen LogP contribution in [0.4, 0.5) is 5.69 Å². The topological polar surface area (TPSA) is 79.0 Å². The zero-order valence-corrected chi connectivity index (χ0v) is 21.3. The first-order valence-corrected chi connectivity index (χ1v) is 13.5. The summed E-state index contributed by atoms with van der Waals surface area (Å²) >= 11 is 0. The van der Waals surface area contributed by atoms with Crippen LogP contribution >= 0.6 is 0 Å². The van der Waals surface area contributed by atoms with E-state index in [4.69, 9.17) is 0 Å². The monoisotopic (exact) mass is 498 g/mol. The van der Waals surface area contributed by atoms with Gasteiger partial charge in [-0.15, -0.1) is 0 Å². The van der Waals surface area contributed by atoms with E-state index in [-0.39, 0.29) is 17.6 Å². The average Bonchev–Trinajstić information content (AvgIpc) is 3.40. The predicted molar refractivity (Wildman–Crippen MR) is 146 cm³/mol. The van der Waals surface area contributed by atoms with E-state index in [1.165, 1.54) is 0 Å². The van der Waals surface area contributed by atoms with E-state index >= 15 is 0 Å². The summed E-state index contributed by atoms with van der Waals surface area (Å²) in [5, 5.41) is 2.91. The Kier molecular flexibility index (Phi) is 7.55. The number of H-pyrrole nitrogens is 1. The van der Waals surface area contributed by atoms with Crippen molar-refractivity contribution in [2.75, 3.05) is 11.1 Å². The summed E-state index contributed by atoms with van der Waals surface area (Å²) in [5.74, 6) is -0.358. The first-order chi connectivity index (χ1) is 17.2. The molecular formula is C30H30N2O3S. The zero-order valence-electron chi connectivity index (χ0n) is 20.5. The summed E-state index contributed by atoms with van der Waals surface area (Å²) in [5.41, 5.74) is 5.85. The molecule has 0 saturated carbocycles. The Morgan fingerprint density at radius 3 is 2.36 bits per heavy atom. The Labute approximate surface area is 212 Å². The summed E-state index contributed by atoms with van der Waals surface area (Å²) in [6.45, 7) is 7.78. The number of anilines is 1. The number of aromatic amines is 1. The maximum absolute atomic E-state index is 13.1. The molecule has 0 spiro atoms. The third kappa shape index (κ3) is 6.01. The van der Waals surface area contributed by atoms with Crippen LogP contribution < -0.4 is 5.32 Å². The zero-order chi connectivity index (χ0) is 25.7. The highest BCUT2D eigenvalue weighted by Gasteiger charge is 2.23. The number of nitrogens with one attached hydrogen (secondary N) is 2. The number of carbonyl (C=O) groups excluding carboxylic acids is 1. The minimum Gasteiger partial charge on any atom is -0.357 e. The Hall–Kier alpha value is -3.90. The number of amides is 1. The molecule has 1 aromatic heterocycles. The van der Waals surface area contributed by atoms with E-state index < -0.39 is 9.84 Å². The van der Waals surface area contributed by atoms with Crippen LogP contribution in [-0.4, -0.2) is 25.1 Å². The van der Waals surface area contributed by atoms with Crippen LogP contribution in [-0.2, 0) is 16.3 Å². The Morgan fingerprint density at radius 1 is 0.944 bits per heavy atom. The van der Waals surface area contributed by atoms with Crippen molar-refractivity contribution in [3.63, 3.8) is 0 Å². The van der Waals surface area contributed by atoms with Gasteiger partial charge in [0.05, 0.1) is 10.6 Å². The molecule has 6 heteroatoms. The average molecular weight is 499 g/mol. The number of hydrogen-bond acceptors (Lipinski definition) is 3. The summed E-state index contributed by atoms with van der Waals surface area (Å²) < 4.78 is 26.2. The fourth-order valence-corrected chi connectivity index (χ4v) is 6.16. The quantitative estimate of drug-likeness (QED) is 0.260. The minimum absolute atomic E-state index is 0.0253. The van der Waals surface area contributed by atoms with Gasteiger partial charge >= 0.3 is 0 Å². The van der Waals surface area contributed by atoms with Gasteiger partial charge in [-0.3, -0.25) is 4.79 Å². The van der Waals surface area contributed by atoms with Crippen LogP contribution in [0.5, 0.6) is 0 Å². The van der Waals surface area contributed by atoms with Gasteiger partial charge in [0.25, 0.3) is 5.91 Å². The number of aryl methyl sites for hydroxylation is 1. The second-order valence-corrected chi connectivity index (χ2v) is 11.1. The summed E-state index contributed by atoms with van der Waals surface area (Å²) in [4.78, 5) is 15.6. The van der Waals surface area contributed by atoms with E-state index in [0.717, 1.165) is 27.8 Å². The molecule has 184 valence electrons. The van der Waals surface area contributed by atoms with Crippen LogP contribution in [0.3, 0.4) is 0 Å². The smallest absolute Gasteiger partial charge is 0.272 e. The molecule has 0 aliphatic rings. The molecule has 1 unspecified atom stereocenters. The molecular weight excluding hydrogens is 468 g/mol. The van der Waals surface area contributed by atoms with E-state index in [2.05, 4.69) is 16.9 Å². The maximum Gasteiger partial charge on any atom is 0.272 e. The van der Waals surface area contributed by atoms with Crippen LogP contribution in [0.25, 0.3) is 11.1 Å². The molecule has 1 amide bonds. The number of allylic oxidation sites excluding steroid dienone is 1. The highest BCUT2D eigenvalue weighted by atomic mass is 32.2. The van der Waals surface area contributed by atoms with Gasteiger partial charge in [-0.2, -0.15) is 0 Å². The van der Waals surface area contributed by atoms with Gasteiger partial charge in [-0.05, 0) is 78.8 Å². The van der Waals surface area contributed by atoms with Crippen molar-refractivity contribution >= 4 is 21.4 Å². The number of benzene rings is 3. The molecule has 0 bridgehead atoms. The number of aromatic nitrogens is 1. The van der Waals surface area contributed by atoms with E-state index in [1.54, 1.807) is 30.5 Å². The van der Waals surface area contributed by atoms with Crippen molar-refractivity contribution in [2.24, 2.45) is 5.92 Å². The molecule has 36 heavy (non-hydrogen) atoms. The fourth-order valence-electron chi connectivity index (χ4n) is 4.20. The van der Waals surface area contributed by atoms with Crippen molar-refractivity contribution in [3.05, 3.63) is 120 Å². The third-order valence-corrected chi connectivity index (χ3v) is 8.25. The largest absolute Gasteiger partial charge is 0.357 e. The summed E-state index contributed by atoms with van der Waals surface area (Å²) in [6, 6.07) is 26.4. The number of rotatable bonds is 9. The van der Waals surface area contributed by atoms with Gasteiger partial charge in [0.2, 0.25) is 0 Å². The van der Waals surface area contributed by atoms with Gasteiger partial charge in [-0.1, -0.05) is 66.7 Å². The molecule has 0 saturated heterocycles. The van der Waals surface area contributed by atoms with Gasteiger partial charge in [0.15, 0.2) is 9.84 Å². The summed E-state index contributed by atoms with van der Waals surface area (Å²) in [7, 11) is -3.44. The molecule has 0 aliphatic heterocycles. The molecule has 4 rings (SSSR count).